The maximum absolute atomic E-state index is 12.1. The first-order valence-electron chi connectivity index (χ1n) is 6.87. The highest BCUT2D eigenvalue weighted by Gasteiger charge is 2.67. The van der Waals surface area contributed by atoms with Crippen LogP contribution in [0.2, 0.25) is 0 Å². The molecule has 4 rings (SSSR count). The summed E-state index contributed by atoms with van der Waals surface area (Å²) in [6.07, 6.45) is 0.325. The van der Waals surface area contributed by atoms with Crippen LogP contribution in [0.25, 0.3) is 0 Å². The molecule has 0 radical (unpaired) electrons. The Balaban J connectivity index is 1.57. The number of nitrogens with zero attached hydrogens (tertiary/aromatic N) is 1. The molecule has 4 nitrogen and oxygen atoms in total. The average Bonchev–Trinajstić information content (AvgIpc) is 3.11. The van der Waals surface area contributed by atoms with Crippen molar-refractivity contribution < 1.29 is 14.3 Å². The van der Waals surface area contributed by atoms with Gasteiger partial charge in [0, 0.05) is 12.0 Å². The molecule has 4 heteroatoms. The van der Waals surface area contributed by atoms with Gasteiger partial charge >= 0.3 is 5.97 Å². The molecule has 2 aromatic carbocycles. The number of rotatable bonds is 3. The smallest absolute Gasteiger partial charge is 0.344 e. The van der Waals surface area contributed by atoms with Gasteiger partial charge in [0.15, 0.2) is 0 Å². The van der Waals surface area contributed by atoms with Gasteiger partial charge in [0.1, 0.15) is 11.9 Å². The van der Waals surface area contributed by atoms with E-state index in [4.69, 9.17) is 9.47 Å². The first kappa shape index (κ1) is 12.1. The van der Waals surface area contributed by atoms with Gasteiger partial charge < -0.3 is 9.47 Å². The first-order valence-corrected chi connectivity index (χ1v) is 6.87. The van der Waals surface area contributed by atoms with Crippen LogP contribution in [0, 0.1) is 0 Å². The molecule has 0 N–H and O–H groups in total. The molecule has 1 spiro atoms. The van der Waals surface area contributed by atoms with Crippen molar-refractivity contribution >= 4 is 11.9 Å². The fraction of sp³-hybridized carbons (Fsp3) is 0.176. The Kier molecular flexibility index (Phi) is 2.57. The first-order chi connectivity index (χ1) is 10.3. The summed E-state index contributed by atoms with van der Waals surface area (Å²) in [5, 5.41) is 0. The Morgan fingerprint density at radius 3 is 2.43 bits per heavy atom. The third-order valence-corrected chi connectivity index (χ3v) is 3.76. The van der Waals surface area contributed by atoms with Gasteiger partial charge in [0.05, 0.1) is 0 Å². The normalized spacial score (nSPS) is 26.4. The van der Waals surface area contributed by atoms with Crippen molar-refractivity contribution in [1.82, 2.24) is 0 Å². The van der Waals surface area contributed by atoms with Gasteiger partial charge in [-0.2, -0.15) is 0 Å². The minimum Gasteiger partial charge on any atom is -0.487 e. The van der Waals surface area contributed by atoms with E-state index in [1.54, 1.807) is 0 Å². The lowest BCUT2D eigenvalue weighted by Gasteiger charge is -2.06. The second kappa shape index (κ2) is 4.45. The number of aliphatic imine (C=N–C) groups is 1. The summed E-state index contributed by atoms with van der Waals surface area (Å²) in [4.78, 5) is 16.6. The monoisotopic (exact) mass is 279 g/mol. The molecule has 21 heavy (non-hydrogen) atoms. The van der Waals surface area contributed by atoms with E-state index in [0.717, 1.165) is 11.3 Å². The number of esters is 1. The van der Waals surface area contributed by atoms with Crippen molar-refractivity contribution in [3.63, 3.8) is 0 Å². The summed E-state index contributed by atoms with van der Waals surface area (Å²) in [6, 6.07) is 18.9. The van der Waals surface area contributed by atoms with Crippen LogP contribution in [0.15, 0.2) is 65.7 Å². The molecule has 0 aromatic heterocycles. The van der Waals surface area contributed by atoms with Crippen LogP contribution in [-0.2, 0) is 9.53 Å². The zero-order valence-electron chi connectivity index (χ0n) is 11.2. The summed E-state index contributed by atoms with van der Waals surface area (Å²) in [7, 11) is 0. The molecule has 0 saturated heterocycles. The Hall–Kier alpha value is -2.62. The lowest BCUT2D eigenvalue weighted by atomic mass is 10.2. The third-order valence-electron chi connectivity index (χ3n) is 3.76. The molecule has 0 amide bonds. The van der Waals surface area contributed by atoms with Crippen molar-refractivity contribution in [2.45, 2.75) is 18.1 Å². The second-order valence-corrected chi connectivity index (χ2v) is 5.22. The van der Waals surface area contributed by atoms with E-state index in [1.807, 2.05) is 60.7 Å². The zero-order valence-corrected chi connectivity index (χ0v) is 11.2. The van der Waals surface area contributed by atoms with Gasteiger partial charge in [-0.1, -0.05) is 36.4 Å². The number of cyclic esters (lactones) is 1. The van der Waals surface area contributed by atoms with E-state index in [2.05, 4.69) is 4.99 Å². The quantitative estimate of drug-likeness (QED) is 0.811. The maximum Gasteiger partial charge on any atom is 0.344 e. The summed E-state index contributed by atoms with van der Waals surface area (Å²) < 4.78 is 11.1. The number of hydrogen-bond acceptors (Lipinski definition) is 4. The van der Waals surface area contributed by atoms with E-state index in [1.165, 1.54) is 0 Å². The number of carbonyl (C=O) groups is 1. The molecule has 1 fully saturated rings. The Bertz CT molecular complexity index is 711. The van der Waals surface area contributed by atoms with Crippen LogP contribution in [0.4, 0.5) is 0 Å². The fourth-order valence-corrected chi connectivity index (χ4v) is 2.49. The van der Waals surface area contributed by atoms with Crippen LogP contribution in [0.1, 0.15) is 12.0 Å². The van der Waals surface area contributed by atoms with Gasteiger partial charge in [-0.05, 0) is 24.3 Å². The Morgan fingerprint density at radius 1 is 1.05 bits per heavy atom. The molecule has 2 atom stereocenters. The molecule has 2 aliphatic rings. The topological polar surface area (TPSA) is 47.9 Å². The fourth-order valence-electron chi connectivity index (χ4n) is 2.49. The van der Waals surface area contributed by atoms with Crippen LogP contribution in [0.5, 0.6) is 5.75 Å². The molecular formula is C17H13NO3. The maximum atomic E-state index is 12.1. The summed E-state index contributed by atoms with van der Waals surface area (Å²) in [6.45, 7) is 0. The molecule has 1 saturated carbocycles. The number of ether oxygens (including phenoxy) is 2. The highest BCUT2D eigenvalue weighted by Crippen LogP contribution is 2.47. The predicted molar refractivity (Wildman–Crippen MR) is 77.3 cm³/mol. The minimum atomic E-state index is -0.846. The van der Waals surface area contributed by atoms with Crippen LogP contribution in [0.3, 0.4) is 0 Å². The van der Waals surface area contributed by atoms with Crippen molar-refractivity contribution in [2.24, 2.45) is 4.99 Å². The Morgan fingerprint density at radius 2 is 1.71 bits per heavy atom. The van der Waals surface area contributed by atoms with E-state index in [-0.39, 0.29) is 12.1 Å². The molecular weight excluding hydrogens is 266 g/mol. The number of benzene rings is 2. The van der Waals surface area contributed by atoms with Crippen molar-refractivity contribution in [1.29, 1.82) is 0 Å². The van der Waals surface area contributed by atoms with E-state index in [0.29, 0.717) is 12.3 Å². The molecule has 1 heterocycles. The molecule has 1 aliphatic heterocycles. The van der Waals surface area contributed by atoms with Crippen LogP contribution in [-0.4, -0.2) is 23.5 Å². The van der Waals surface area contributed by atoms with Gasteiger partial charge in [-0.25, -0.2) is 9.79 Å². The lowest BCUT2D eigenvalue weighted by molar-refractivity contribution is -0.136. The summed E-state index contributed by atoms with van der Waals surface area (Å²) >= 11 is 0. The molecule has 2 unspecified atom stereocenters. The molecule has 0 bridgehead atoms. The zero-order chi connectivity index (χ0) is 14.3. The van der Waals surface area contributed by atoms with Gasteiger partial charge in [0.25, 0.3) is 0 Å². The summed E-state index contributed by atoms with van der Waals surface area (Å²) in [5.41, 5.74) is -0.0332. The predicted octanol–water partition coefficient (Wildman–Crippen LogP) is 2.58. The minimum absolute atomic E-state index is 0.242. The number of para-hydroxylation sites is 1. The van der Waals surface area contributed by atoms with Gasteiger partial charge in [-0.15, -0.1) is 0 Å². The Labute approximate surface area is 122 Å². The summed E-state index contributed by atoms with van der Waals surface area (Å²) in [5.74, 6) is 0.817. The lowest BCUT2D eigenvalue weighted by Crippen LogP contribution is -2.23. The second-order valence-electron chi connectivity index (χ2n) is 5.22. The van der Waals surface area contributed by atoms with Crippen LogP contribution < -0.4 is 4.74 Å². The van der Waals surface area contributed by atoms with E-state index < -0.39 is 5.54 Å². The third kappa shape index (κ3) is 2.00. The molecule has 1 aliphatic carbocycles. The number of carbonyl (C=O) groups excluding carboxylic acids is 1. The highest BCUT2D eigenvalue weighted by molar-refractivity contribution is 6.09. The van der Waals surface area contributed by atoms with Gasteiger partial charge in [0.2, 0.25) is 11.4 Å². The van der Waals surface area contributed by atoms with Crippen LogP contribution >= 0.6 is 0 Å². The molecule has 104 valence electrons. The molecule has 2 aromatic rings. The van der Waals surface area contributed by atoms with Crippen molar-refractivity contribution in [3.8, 4) is 5.75 Å². The number of hydrogen-bond donors (Lipinski definition) is 0. The van der Waals surface area contributed by atoms with Crippen molar-refractivity contribution in [2.75, 3.05) is 0 Å². The van der Waals surface area contributed by atoms with E-state index in [9.17, 15) is 4.79 Å². The van der Waals surface area contributed by atoms with Gasteiger partial charge in [-0.3, -0.25) is 0 Å². The van der Waals surface area contributed by atoms with E-state index >= 15 is 0 Å². The average molecular weight is 279 g/mol. The SMILES string of the molecule is O=C1OC(c2ccccc2)=NC12CC2Oc1ccccc1. The highest BCUT2D eigenvalue weighted by atomic mass is 16.6. The largest absolute Gasteiger partial charge is 0.487 e. The van der Waals surface area contributed by atoms with Crippen molar-refractivity contribution in [3.05, 3.63) is 66.2 Å². The standard InChI is InChI=1S/C17H13NO3/c19-16-17(11-14(17)20-13-9-5-2-6-10-13)18-15(21-16)12-7-3-1-4-8-12/h1-10,14H,11H2.